The fourth-order valence-electron chi connectivity index (χ4n) is 2.70. The largest absolute Gasteiger partial charge is 0.497 e. The Hall–Kier alpha value is -3.74. The number of hydrogen-bond acceptors (Lipinski definition) is 6. The Kier molecular flexibility index (Phi) is 6.52. The number of rotatable bonds is 8. The van der Waals surface area contributed by atoms with Crippen molar-refractivity contribution in [2.75, 3.05) is 24.3 Å². The highest BCUT2D eigenvalue weighted by atomic mass is 16.5. The summed E-state index contributed by atoms with van der Waals surface area (Å²) in [4.78, 5) is 32.2. The standard InChI is InChI=1S/C22H22N4O3/c1-15(27)17-6-8-18(9-7-17)25-21(28)20-11-13-24-22(26-20)23-12-10-16-4-3-5-19(14-16)29-2/h3-9,11,13-14H,10,12H2,1-2H3,(H,25,28)(H,23,24,26). The van der Waals surface area contributed by atoms with Crippen molar-refractivity contribution < 1.29 is 14.3 Å². The van der Waals surface area contributed by atoms with Gasteiger partial charge in [0, 0.05) is 24.0 Å². The minimum atomic E-state index is -0.348. The molecule has 0 atom stereocenters. The number of nitrogens with one attached hydrogen (secondary N) is 2. The van der Waals surface area contributed by atoms with Crippen LogP contribution in [0.5, 0.6) is 5.75 Å². The fourth-order valence-corrected chi connectivity index (χ4v) is 2.70. The number of anilines is 2. The summed E-state index contributed by atoms with van der Waals surface area (Å²) in [6.07, 6.45) is 2.30. The number of amides is 1. The van der Waals surface area contributed by atoms with Gasteiger partial charge in [-0.2, -0.15) is 0 Å². The molecular weight excluding hydrogens is 368 g/mol. The van der Waals surface area contributed by atoms with Crippen LogP contribution < -0.4 is 15.4 Å². The van der Waals surface area contributed by atoms with E-state index in [1.807, 2.05) is 24.3 Å². The zero-order valence-electron chi connectivity index (χ0n) is 16.3. The molecule has 148 valence electrons. The molecule has 1 amide bonds. The summed E-state index contributed by atoms with van der Waals surface area (Å²) < 4.78 is 5.22. The second kappa shape index (κ2) is 9.45. The van der Waals surface area contributed by atoms with Crippen LogP contribution in [0.1, 0.15) is 33.3 Å². The van der Waals surface area contributed by atoms with Gasteiger partial charge in [-0.3, -0.25) is 9.59 Å². The van der Waals surface area contributed by atoms with Crippen LogP contribution in [0.4, 0.5) is 11.6 Å². The third-order valence-corrected chi connectivity index (χ3v) is 4.27. The van der Waals surface area contributed by atoms with Gasteiger partial charge in [0.15, 0.2) is 5.78 Å². The summed E-state index contributed by atoms with van der Waals surface area (Å²) in [5.41, 5.74) is 2.55. The molecule has 0 bridgehead atoms. The highest BCUT2D eigenvalue weighted by Gasteiger charge is 2.10. The molecule has 7 heteroatoms. The number of aromatic nitrogens is 2. The van der Waals surface area contributed by atoms with Crippen molar-refractivity contribution in [2.45, 2.75) is 13.3 Å². The van der Waals surface area contributed by atoms with Crippen molar-refractivity contribution in [1.29, 1.82) is 0 Å². The molecule has 0 fully saturated rings. The van der Waals surface area contributed by atoms with E-state index in [9.17, 15) is 9.59 Å². The first kappa shape index (κ1) is 20.0. The number of ketones is 1. The van der Waals surface area contributed by atoms with Crippen LogP contribution in [-0.2, 0) is 6.42 Å². The first-order valence-corrected chi connectivity index (χ1v) is 9.17. The smallest absolute Gasteiger partial charge is 0.274 e. The quantitative estimate of drug-likeness (QED) is 0.571. The van der Waals surface area contributed by atoms with Gasteiger partial charge in [-0.1, -0.05) is 12.1 Å². The predicted molar refractivity (Wildman–Crippen MR) is 112 cm³/mol. The number of ether oxygens (including phenoxy) is 1. The molecule has 2 aromatic carbocycles. The van der Waals surface area contributed by atoms with Gasteiger partial charge in [0.25, 0.3) is 5.91 Å². The van der Waals surface area contributed by atoms with Crippen molar-refractivity contribution in [1.82, 2.24) is 9.97 Å². The molecule has 0 unspecified atom stereocenters. The highest BCUT2D eigenvalue weighted by Crippen LogP contribution is 2.14. The van der Waals surface area contributed by atoms with Crippen LogP contribution in [0.2, 0.25) is 0 Å². The van der Waals surface area contributed by atoms with Gasteiger partial charge in [0.05, 0.1) is 7.11 Å². The van der Waals surface area contributed by atoms with Crippen LogP contribution in [0.15, 0.2) is 60.8 Å². The lowest BCUT2D eigenvalue weighted by molar-refractivity contribution is 0.101. The van der Waals surface area contributed by atoms with E-state index in [0.29, 0.717) is 23.7 Å². The van der Waals surface area contributed by atoms with Gasteiger partial charge >= 0.3 is 0 Å². The number of Topliss-reactive ketones (excluding diaryl/α,β-unsaturated/α-hetero) is 1. The number of nitrogens with zero attached hydrogens (tertiary/aromatic N) is 2. The lowest BCUT2D eigenvalue weighted by atomic mass is 10.1. The van der Waals surface area contributed by atoms with Crippen LogP contribution in [0.3, 0.4) is 0 Å². The highest BCUT2D eigenvalue weighted by molar-refractivity contribution is 6.03. The van der Waals surface area contributed by atoms with Crippen LogP contribution in [0.25, 0.3) is 0 Å². The van der Waals surface area contributed by atoms with E-state index in [0.717, 1.165) is 17.7 Å². The Morgan fingerprint density at radius 1 is 1.07 bits per heavy atom. The molecule has 1 heterocycles. The molecule has 2 N–H and O–H groups in total. The Labute approximate surface area is 169 Å². The molecule has 1 aromatic heterocycles. The van der Waals surface area contributed by atoms with Gasteiger partial charge < -0.3 is 15.4 Å². The molecule has 29 heavy (non-hydrogen) atoms. The Balaban J connectivity index is 1.58. The Bertz CT molecular complexity index is 1000. The molecule has 0 aliphatic rings. The van der Waals surface area contributed by atoms with Crippen molar-refractivity contribution in [3.63, 3.8) is 0 Å². The maximum absolute atomic E-state index is 12.4. The van der Waals surface area contributed by atoms with Crippen molar-refractivity contribution in [2.24, 2.45) is 0 Å². The molecule has 0 saturated heterocycles. The molecule has 0 aliphatic heterocycles. The normalized spacial score (nSPS) is 10.3. The minimum Gasteiger partial charge on any atom is -0.497 e. The molecular formula is C22H22N4O3. The van der Waals surface area contributed by atoms with Crippen molar-refractivity contribution >= 4 is 23.3 Å². The summed E-state index contributed by atoms with van der Waals surface area (Å²) in [7, 11) is 1.64. The first-order chi connectivity index (χ1) is 14.0. The van der Waals surface area contributed by atoms with E-state index >= 15 is 0 Å². The maximum atomic E-state index is 12.4. The van der Waals surface area contributed by atoms with Gasteiger partial charge in [-0.15, -0.1) is 0 Å². The number of hydrogen-bond donors (Lipinski definition) is 2. The number of methoxy groups -OCH3 is 1. The molecule has 3 aromatic rings. The molecule has 0 aliphatic carbocycles. The van der Waals surface area contributed by atoms with Gasteiger partial charge in [-0.05, 0) is 61.4 Å². The van der Waals surface area contributed by atoms with E-state index in [1.165, 1.54) is 13.1 Å². The van der Waals surface area contributed by atoms with Crippen molar-refractivity contribution in [3.8, 4) is 5.75 Å². The number of benzene rings is 2. The molecule has 7 nitrogen and oxygen atoms in total. The average Bonchev–Trinajstić information content (AvgIpc) is 2.74. The average molecular weight is 390 g/mol. The van der Waals surface area contributed by atoms with Crippen LogP contribution in [-0.4, -0.2) is 35.3 Å². The van der Waals surface area contributed by atoms with Crippen LogP contribution in [0, 0.1) is 0 Å². The molecule has 0 spiro atoms. The third kappa shape index (κ3) is 5.62. The fraction of sp³-hybridized carbons (Fsp3) is 0.182. The van der Waals surface area contributed by atoms with E-state index in [2.05, 4.69) is 20.6 Å². The number of carbonyl (C=O) groups excluding carboxylic acids is 2. The lowest BCUT2D eigenvalue weighted by Crippen LogP contribution is -2.16. The zero-order valence-corrected chi connectivity index (χ0v) is 16.3. The van der Waals surface area contributed by atoms with E-state index in [1.54, 1.807) is 37.4 Å². The summed E-state index contributed by atoms with van der Waals surface area (Å²) in [5, 5.41) is 5.89. The van der Waals surface area contributed by atoms with E-state index < -0.39 is 0 Å². The van der Waals surface area contributed by atoms with Crippen LogP contribution >= 0.6 is 0 Å². The topological polar surface area (TPSA) is 93.2 Å². The van der Waals surface area contributed by atoms with Gasteiger partial charge in [0.1, 0.15) is 11.4 Å². The maximum Gasteiger partial charge on any atom is 0.274 e. The predicted octanol–water partition coefficient (Wildman–Crippen LogP) is 3.59. The minimum absolute atomic E-state index is 0.0247. The van der Waals surface area contributed by atoms with E-state index in [4.69, 9.17) is 4.74 Å². The van der Waals surface area contributed by atoms with E-state index in [-0.39, 0.29) is 17.4 Å². The second-order valence-electron chi connectivity index (χ2n) is 6.38. The number of carbonyl (C=O) groups is 2. The summed E-state index contributed by atoms with van der Waals surface area (Å²) >= 11 is 0. The van der Waals surface area contributed by atoms with Gasteiger partial charge in [0.2, 0.25) is 5.95 Å². The lowest BCUT2D eigenvalue weighted by Gasteiger charge is -2.08. The monoisotopic (exact) mass is 390 g/mol. The summed E-state index contributed by atoms with van der Waals surface area (Å²) in [6, 6.07) is 16.1. The third-order valence-electron chi connectivity index (χ3n) is 4.27. The Morgan fingerprint density at radius 2 is 1.86 bits per heavy atom. The molecule has 3 rings (SSSR count). The summed E-state index contributed by atoms with van der Waals surface area (Å²) in [5.74, 6) is 0.823. The SMILES string of the molecule is COc1cccc(CCNc2nccc(C(=O)Nc3ccc(C(C)=O)cc3)n2)c1. The summed E-state index contributed by atoms with van der Waals surface area (Å²) in [6.45, 7) is 2.11. The molecule has 0 radical (unpaired) electrons. The Morgan fingerprint density at radius 3 is 2.59 bits per heavy atom. The zero-order chi connectivity index (χ0) is 20.6. The van der Waals surface area contributed by atoms with Crippen molar-refractivity contribution in [3.05, 3.63) is 77.6 Å². The first-order valence-electron chi connectivity index (χ1n) is 9.17. The second-order valence-corrected chi connectivity index (χ2v) is 6.38. The molecule has 0 saturated carbocycles. The van der Waals surface area contributed by atoms with Gasteiger partial charge in [-0.25, -0.2) is 9.97 Å².